The zero-order valence-corrected chi connectivity index (χ0v) is 18.5. The summed E-state index contributed by atoms with van der Waals surface area (Å²) >= 11 is 0. The highest BCUT2D eigenvalue weighted by atomic mass is 16.5. The second-order valence-corrected chi connectivity index (χ2v) is 7.88. The fourth-order valence-corrected chi connectivity index (χ4v) is 3.45. The lowest BCUT2D eigenvalue weighted by molar-refractivity contribution is 0.0746. The first kappa shape index (κ1) is 21.9. The lowest BCUT2D eigenvalue weighted by Crippen LogP contribution is -2.27. The zero-order valence-electron chi connectivity index (χ0n) is 18.5. The third-order valence-corrected chi connectivity index (χ3v) is 5.52. The summed E-state index contributed by atoms with van der Waals surface area (Å²) in [5.74, 6) is 2.61. The molecule has 1 atom stereocenters. The maximum absolute atomic E-state index is 6.17. The van der Waals surface area contributed by atoms with Gasteiger partial charge in [0.25, 0.3) is 0 Å². The monoisotopic (exact) mass is 404 g/mol. The topological polar surface area (TPSA) is 27.7 Å². The molecular formula is C27H32O3. The van der Waals surface area contributed by atoms with Crippen LogP contribution in [-0.4, -0.2) is 13.2 Å². The predicted molar refractivity (Wildman–Crippen MR) is 123 cm³/mol. The van der Waals surface area contributed by atoms with Gasteiger partial charge in [-0.15, -0.1) is 0 Å². The van der Waals surface area contributed by atoms with Crippen LogP contribution in [0.1, 0.15) is 43.9 Å². The van der Waals surface area contributed by atoms with Crippen molar-refractivity contribution in [3.63, 3.8) is 0 Å². The highest BCUT2D eigenvalue weighted by molar-refractivity contribution is 5.39. The first-order chi connectivity index (χ1) is 14.5. The van der Waals surface area contributed by atoms with Crippen LogP contribution in [-0.2, 0) is 16.8 Å². The van der Waals surface area contributed by atoms with Crippen molar-refractivity contribution >= 4 is 0 Å². The molecule has 0 aliphatic rings. The Morgan fingerprint density at radius 2 is 1.60 bits per heavy atom. The molecule has 0 aliphatic heterocycles. The van der Waals surface area contributed by atoms with Gasteiger partial charge in [0, 0.05) is 5.41 Å². The lowest BCUT2D eigenvalue weighted by Gasteiger charge is -2.29. The number of benzene rings is 3. The van der Waals surface area contributed by atoms with Crippen molar-refractivity contribution in [2.24, 2.45) is 0 Å². The lowest BCUT2D eigenvalue weighted by atomic mass is 9.80. The fourth-order valence-electron chi connectivity index (χ4n) is 3.45. The van der Waals surface area contributed by atoms with Gasteiger partial charge in [-0.3, -0.25) is 0 Å². The number of para-hydroxylation sites is 1. The summed E-state index contributed by atoms with van der Waals surface area (Å²) in [6.45, 7) is 10.5. The van der Waals surface area contributed by atoms with Crippen LogP contribution in [0.2, 0.25) is 0 Å². The van der Waals surface area contributed by atoms with E-state index in [2.05, 4.69) is 45.0 Å². The van der Waals surface area contributed by atoms with Gasteiger partial charge in [-0.2, -0.15) is 0 Å². The Hall–Kier alpha value is -2.78. The number of rotatable bonds is 10. The Balaban J connectivity index is 1.63. The van der Waals surface area contributed by atoms with E-state index in [4.69, 9.17) is 14.2 Å². The van der Waals surface area contributed by atoms with E-state index in [1.165, 1.54) is 11.1 Å². The Morgan fingerprint density at radius 3 is 2.30 bits per heavy atom. The molecule has 0 saturated heterocycles. The van der Waals surface area contributed by atoms with Crippen LogP contribution in [0.15, 0.2) is 72.8 Å². The molecule has 1 unspecified atom stereocenters. The molecule has 3 aromatic carbocycles. The van der Waals surface area contributed by atoms with Crippen LogP contribution in [0, 0.1) is 6.92 Å². The van der Waals surface area contributed by atoms with E-state index in [1.807, 2.05) is 55.5 Å². The van der Waals surface area contributed by atoms with Gasteiger partial charge in [-0.25, -0.2) is 0 Å². The van der Waals surface area contributed by atoms with E-state index < -0.39 is 0 Å². The molecular weight excluding hydrogens is 372 g/mol. The predicted octanol–water partition coefficient (Wildman–Crippen LogP) is 7.07. The summed E-state index contributed by atoms with van der Waals surface area (Å²) in [6, 6.07) is 24.4. The first-order valence-electron chi connectivity index (χ1n) is 10.7. The van der Waals surface area contributed by atoms with E-state index in [0.717, 1.165) is 29.2 Å². The van der Waals surface area contributed by atoms with Crippen molar-refractivity contribution in [2.75, 3.05) is 13.2 Å². The van der Waals surface area contributed by atoms with Gasteiger partial charge in [-0.05, 0) is 67.3 Å². The van der Waals surface area contributed by atoms with Crippen molar-refractivity contribution in [1.29, 1.82) is 0 Å². The van der Waals surface area contributed by atoms with Gasteiger partial charge in [0.1, 0.15) is 17.2 Å². The smallest absolute Gasteiger partial charge is 0.127 e. The molecule has 30 heavy (non-hydrogen) atoms. The molecule has 0 saturated carbocycles. The van der Waals surface area contributed by atoms with Crippen LogP contribution in [0.3, 0.4) is 0 Å². The minimum Gasteiger partial charge on any atom is -0.494 e. The van der Waals surface area contributed by atoms with E-state index in [0.29, 0.717) is 19.8 Å². The quantitative estimate of drug-likeness (QED) is 0.362. The van der Waals surface area contributed by atoms with Crippen molar-refractivity contribution in [2.45, 2.75) is 46.1 Å². The van der Waals surface area contributed by atoms with Gasteiger partial charge in [-0.1, -0.05) is 56.3 Å². The van der Waals surface area contributed by atoms with Crippen molar-refractivity contribution < 1.29 is 14.2 Å². The summed E-state index contributed by atoms with van der Waals surface area (Å²) in [7, 11) is 0. The van der Waals surface area contributed by atoms with Gasteiger partial charge >= 0.3 is 0 Å². The highest BCUT2D eigenvalue weighted by Crippen LogP contribution is 2.32. The molecule has 0 aliphatic carbocycles. The van der Waals surface area contributed by atoms with Gasteiger partial charge in [0.2, 0.25) is 0 Å². The molecule has 3 aromatic rings. The minimum atomic E-state index is -0.0480. The van der Waals surface area contributed by atoms with Crippen molar-refractivity contribution in [3.8, 4) is 17.2 Å². The highest BCUT2D eigenvalue weighted by Gasteiger charge is 2.25. The molecule has 0 bridgehead atoms. The fraction of sp³-hybridized carbons (Fsp3) is 0.333. The zero-order chi connectivity index (χ0) is 21.4. The maximum Gasteiger partial charge on any atom is 0.127 e. The molecule has 0 heterocycles. The van der Waals surface area contributed by atoms with Crippen LogP contribution >= 0.6 is 0 Å². The van der Waals surface area contributed by atoms with Crippen LogP contribution in [0.25, 0.3) is 0 Å². The average Bonchev–Trinajstić information content (AvgIpc) is 2.76. The molecule has 158 valence electrons. The minimum absolute atomic E-state index is 0.0480. The molecule has 0 N–H and O–H groups in total. The third-order valence-electron chi connectivity index (χ3n) is 5.52. The first-order valence-corrected chi connectivity index (χ1v) is 10.7. The maximum atomic E-state index is 6.17. The SMILES string of the molecule is CCOc1ccc(C(C)(CC)COCc2cccc(Oc3ccccc3)c2)cc1C. The summed E-state index contributed by atoms with van der Waals surface area (Å²) < 4.78 is 17.8. The van der Waals surface area contributed by atoms with Crippen molar-refractivity contribution in [3.05, 3.63) is 89.5 Å². The summed E-state index contributed by atoms with van der Waals surface area (Å²) in [4.78, 5) is 0. The van der Waals surface area contributed by atoms with Gasteiger partial charge < -0.3 is 14.2 Å². The normalized spacial score (nSPS) is 12.9. The molecule has 3 nitrogen and oxygen atoms in total. The van der Waals surface area contributed by atoms with Gasteiger partial charge in [0.05, 0.1) is 19.8 Å². The average molecular weight is 405 g/mol. The molecule has 3 rings (SSSR count). The molecule has 0 radical (unpaired) electrons. The Kier molecular flexibility index (Phi) is 7.53. The van der Waals surface area contributed by atoms with E-state index in [-0.39, 0.29) is 5.41 Å². The number of ether oxygens (including phenoxy) is 3. The summed E-state index contributed by atoms with van der Waals surface area (Å²) in [5.41, 5.74) is 3.50. The molecule has 3 heteroatoms. The molecule has 0 spiro atoms. The number of hydrogen-bond donors (Lipinski definition) is 0. The van der Waals surface area contributed by atoms with Crippen LogP contribution in [0.4, 0.5) is 0 Å². The number of hydrogen-bond acceptors (Lipinski definition) is 3. The standard InChI is InChI=1S/C27H32O3/c1-5-27(4,23-15-16-26(29-6-2)21(3)17-23)20-28-19-22-11-10-14-25(18-22)30-24-12-8-7-9-13-24/h7-18H,5-6,19-20H2,1-4H3. The van der Waals surface area contributed by atoms with Crippen molar-refractivity contribution in [1.82, 2.24) is 0 Å². The molecule has 0 fully saturated rings. The van der Waals surface area contributed by atoms with E-state index >= 15 is 0 Å². The largest absolute Gasteiger partial charge is 0.494 e. The molecule has 0 aromatic heterocycles. The van der Waals surface area contributed by atoms with E-state index in [9.17, 15) is 0 Å². The summed E-state index contributed by atoms with van der Waals surface area (Å²) in [5, 5.41) is 0. The Bertz CT molecular complexity index is 936. The van der Waals surface area contributed by atoms with Gasteiger partial charge in [0.15, 0.2) is 0 Å². The second kappa shape index (κ2) is 10.3. The Morgan fingerprint density at radius 1 is 0.833 bits per heavy atom. The third kappa shape index (κ3) is 5.64. The Labute approximate surface area is 180 Å². The number of aryl methyl sites for hydroxylation is 1. The summed E-state index contributed by atoms with van der Waals surface area (Å²) in [6.07, 6.45) is 0.998. The molecule has 0 amide bonds. The van der Waals surface area contributed by atoms with Crippen LogP contribution in [0.5, 0.6) is 17.2 Å². The van der Waals surface area contributed by atoms with Crippen LogP contribution < -0.4 is 9.47 Å². The van der Waals surface area contributed by atoms with E-state index in [1.54, 1.807) is 0 Å². The second-order valence-electron chi connectivity index (χ2n) is 7.88.